The van der Waals surface area contributed by atoms with Gasteiger partial charge >= 0.3 is 5.63 Å². The Balaban J connectivity index is 1.89. The molecule has 1 aliphatic rings. The van der Waals surface area contributed by atoms with Gasteiger partial charge in [0.2, 0.25) is 5.91 Å². The number of nitrogens with zero attached hydrogens (tertiary/aromatic N) is 2. The van der Waals surface area contributed by atoms with Gasteiger partial charge in [-0.15, -0.1) is 0 Å². The molecule has 23 heavy (non-hydrogen) atoms. The number of carbonyl (C=O) groups is 1. The second kappa shape index (κ2) is 6.16. The van der Waals surface area contributed by atoms with Gasteiger partial charge in [0.25, 0.3) is 0 Å². The number of benzene rings is 1. The Hall–Kier alpha value is -2.14. The molecule has 3 rings (SSSR count). The lowest BCUT2D eigenvalue weighted by molar-refractivity contribution is -0.130. The molecule has 0 atom stereocenters. The predicted octanol–water partition coefficient (Wildman–Crippen LogP) is 2.07. The van der Waals surface area contributed by atoms with Gasteiger partial charge in [0, 0.05) is 51.1 Å². The molecule has 0 unspecified atom stereocenters. The summed E-state index contributed by atoms with van der Waals surface area (Å²) < 4.78 is 5.37. The van der Waals surface area contributed by atoms with Gasteiger partial charge in [0.05, 0.1) is 0 Å². The van der Waals surface area contributed by atoms with Crippen LogP contribution in [0.25, 0.3) is 11.0 Å². The van der Waals surface area contributed by atoms with Gasteiger partial charge in [-0.25, -0.2) is 4.79 Å². The van der Waals surface area contributed by atoms with Crippen molar-refractivity contribution in [3.05, 3.63) is 45.3 Å². The maximum Gasteiger partial charge on any atom is 0.336 e. The van der Waals surface area contributed by atoms with Crippen molar-refractivity contribution < 1.29 is 9.21 Å². The van der Waals surface area contributed by atoms with Crippen molar-refractivity contribution in [3.63, 3.8) is 0 Å². The second-order valence-corrected chi connectivity index (χ2v) is 6.33. The SMILES string of the molecule is CC(=O)N1CCN(Cc2cc(=O)oc3cc(C)cc(C)c23)CC1. The molecule has 2 aromatic rings. The van der Waals surface area contributed by atoms with Gasteiger partial charge in [-0.05, 0) is 36.6 Å². The molecule has 0 N–H and O–H groups in total. The van der Waals surface area contributed by atoms with Gasteiger partial charge in [-0.3, -0.25) is 9.69 Å². The minimum absolute atomic E-state index is 0.127. The lowest BCUT2D eigenvalue weighted by Crippen LogP contribution is -2.47. The van der Waals surface area contributed by atoms with Crippen molar-refractivity contribution in [2.75, 3.05) is 26.2 Å². The Bertz CT molecular complexity index is 802. The Morgan fingerprint density at radius 2 is 1.83 bits per heavy atom. The summed E-state index contributed by atoms with van der Waals surface area (Å²) in [5.74, 6) is 0.127. The number of hydrogen-bond acceptors (Lipinski definition) is 4. The topological polar surface area (TPSA) is 53.8 Å². The van der Waals surface area contributed by atoms with Crippen molar-refractivity contribution in [1.29, 1.82) is 0 Å². The van der Waals surface area contributed by atoms with Crippen LogP contribution in [0.2, 0.25) is 0 Å². The fraction of sp³-hybridized carbons (Fsp3) is 0.444. The summed E-state index contributed by atoms with van der Waals surface area (Å²) in [7, 11) is 0. The fourth-order valence-electron chi connectivity index (χ4n) is 3.36. The highest BCUT2D eigenvalue weighted by molar-refractivity contribution is 5.84. The predicted molar refractivity (Wildman–Crippen MR) is 89.5 cm³/mol. The third-order valence-electron chi connectivity index (χ3n) is 4.48. The fourth-order valence-corrected chi connectivity index (χ4v) is 3.36. The zero-order valence-corrected chi connectivity index (χ0v) is 13.9. The summed E-state index contributed by atoms with van der Waals surface area (Å²) in [5.41, 5.74) is 3.57. The van der Waals surface area contributed by atoms with Crippen LogP contribution in [0.5, 0.6) is 0 Å². The van der Waals surface area contributed by atoms with Crippen molar-refractivity contribution in [2.24, 2.45) is 0 Å². The van der Waals surface area contributed by atoms with Crippen molar-refractivity contribution in [1.82, 2.24) is 9.80 Å². The molecule has 5 nitrogen and oxygen atoms in total. The molecule has 5 heteroatoms. The van der Waals surface area contributed by atoms with E-state index in [2.05, 4.69) is 11.0 Å². The minimum Gasteiger partial charge on any atom is -0.423 e. The van der Waals surface area contributed by atoms with Crippen LogP contribution >= 0.6 is 0 Å². The minimum atomic E-state index is -0.306. The summed E-state index contributed by atoms with van der Waals surface area (Å²) in [6, 6.07) is 5.63. The normalized spacial score (nSPS) is 16.0. The molecule has 1 saturated heterocycles. The Morgan fingerprint density at radius 3 is 2.48 bits per heavy atom. The van der Waals surface area contributed by atoms with Gasteiger partial charge in [0.15, 0.2) is 0 Å². The molecule has 0 radical (unpaired) electrons. The van der Waals surface area contributed by atoms with Gasteiger partial charge in [-0.1, -0.05) is 6.07 Å². The number of aryl methyl sites for hydroxylation is 2. The van der Waals surface area contributed by atoms with E-state index in [1.54, 1.807) is 13.0 Å². The van der Waals surface area contributed by atoms with E-state index in [4.69, 9.17) is 4.42 Å². The average molecular weight is 314 g/mol. The number of fused-ring (bicyclic) bond motifs is 1. The highest BCUT2D eigenvalue weighted by Gasteiger charge is 2.20. The quantitative estimate of drug-likeness (QED) is 0.796. The highest BCUT2D eigenvalue weighted by Crippen LogP contribution is 2.24. The second-order valence-electron chi connectivity index (χ2n) is 6.33. The first-order valence-electron chi connectivity index (χ1n) is 7.96. The highest BCUT2D eigenvalue weighted by atomic mass is 16.4. The molecule has 1 amide bonds. The van der Waals surface area contributed by atoms with E-state index in [1.165, 1.54) is 0 Å². The van der Waals surface area contributed by atoms with E-state index in [1.807, 2.05) is 24.8 Å². The molecular formula is C18H22N2O3. The summed E-state index contributed by atoms with van der Waals surface area (Å²) in [6.07, 6.45) is 0. The maximum absolute atomic E-state index is 11.9. The molecule has 0 aliphatic carbocycles. The molecule has 1 fully saturated rings. The Kier molecular flexibility index (Phi) is 4.22. The zero-order valence-electron chi connectivity index (χ0n) is 13.9. The van der Waals surface area contributed by atoms with Gasteiger partial charge in [0.1, 0.15) is 5.58 Å². The lowest BCUT2D eigenvalue weighted by Gasteiger charge is -2.34. The van der Waals surface area contributed by atoms with E-state index < -0.39 is 0 Å². The monoisotopic (exact) mass is 314 g/mol. The summed E-state index contributed by atoms with van der Waals surface area (Å²) in [4.78, 5) is 27.4. The van der Waals surface area contributed by atoms with E-state index in [0.717, 1.165) is 48.3 Å². The van der Waals surface area contributed by atoms with Crippen molar-refractivity contribution in [3.8, 4) is 0 Å². The molecular weight excluding hydrogens is 292 g/mol. The van der Waals surface area contributed by atoms with Crippen molar-refractivity contribution >= 4 is 16.9 Å². The first-order chi connectivity index (χ1) is 10.9. The van der Waals surface area contributed by atoms with Gasteiger partial charge < -0.3 is 9.32 Å². The number of piperazine rings is 1. The van der Waals surface area contributed by atoms with E-state index in [-0.39, 0.29) is 11.5 Å². The third kappa shape index (κ3) is 3.29. The van der Waals surface area contributed by atoms with Crippen molar-refractivity contribution in [2.45, 2.75) is 27.3 Å². The third-order valence-corrected chi connectivity index (χ3v) is 4.48. The molecule has 0 bridgehead atoms. The summed E-state index contributed by atoms with van der Waals surface area (Å²) >= 11 is 0. The van der Waals surface area contributed by atoms with Crippen LogP contribution in [-0.4, -0.2) is 41.9 Å². The summed E-state index contributed by atoms with van der Waals surface area (Å²) in [5, 5.41) is 1.03. The van der Waals surface area contributed by atoms with Crippen LogP contribution in [-0.2, 0) is 11.3 Å². The lowest BCUT2D eigenvalue weighted by atomic mass is 10.0. The molecule has 2 heterocycles. The molecule has 1 aromatic heterocycles. The Labute approximate surface area is 135 Å². The molecule has 0 saturated carbocycles. The summed E-state index contributed by atoms with van der Waals surface area (Å²) in [6.45, 7) is 9.50. The van der Waals surface area contributed by atoms with Crippen LogP contribution in [0.15, 0.2) is 27.4 Å². The smallest absolute Gasteiger partial charge is 0.336 e. The van der Waals surface area contributed by atoms with E-state index in [9.17, 15) is 9.59 Å². The molecule has 1 aliphatic heterocycles. The first kappa shape index (κ1) is 15.7. The molecule has 1 aromatic carbocycles. The number of carbonyl (C=O) groups excluding carboxylic acids is 1. The van der Waals surface area contributed by atoms with Crippen LogP contribution in [0.4, 0.5) is 0 Å². The van der Waals surface area contributed by atoms with Crippen LogP contribution in [0.1, 0.15) is 23.6 Å². The van der Waals surface area contributed by atoms with Crippen LogP contribution in [0.3, 0.4) is 0 Å². The molecule has 0 spiro atoms. The number of amides is 1. The van der Waals surface area contributed by atoms with Gasteiger partial charge in [-0.2, -0.15) is 0 Å². The number of hydrogen-bond donors (Lipinski definition) is 0. The van der Waals surface area contributed by atoms with E-state index in [0.29, 0.717) is 12.1 Å². The standard InChI is InChI=1S/C18H22N2O3/c1-12-8-13(2)18-15(10-17(22)23-16(18)9-12)11-19-4-6-20(7-5-19)14(3)21/h8-10H,4-7,11H2,1-3H3. The zero-order chi connectivity index (χ0) is 16.6. The van der Waals surface area contributed by atoms with Crippen LogP contribution < -0.4 is 5.63 Å². The van der Waals surface area contributed by atoms with E-state index >= 15 is 0 Å². The maximum atomic E-state index is 11.9. The number of rotatable bonds is 2. The largest absolute Gasteiger partial charge is 0.423 e. The Morgan fingerprint density at radius 1 is 1.13 bits per heavy atom. The average Bonchev–Trinajstić information content (AvgIpc) is 2.46. The molecule has 122 valence electrons. The van der Waals surface area contributed by atoms with Crippen LogP contribution in [0, 0.1) is 13.8 Å². The first-order valence-corrected chi connectivity index (χ1v) is 7.96.